The maximum atomic E-state index is 5.54. The quantitative estimate of drug-likeness (QED) is 0.299. The molecule has 0 aromatic heterocycles. The predicted octanol–water partition coefficient (Wildman–Crippen LogP) is 9.02. The van der Waals surface area contributed by atoms with Gasteiger partial charge in [0.2, 0.25) is 0 Å². The maximum Gasteiger partial charge on any atom is 0.0844 e. The molecule has 2 rings (SSSR count). The molecular formula is C29H60O2. The van der Waals surface area contributed by atoms with Crippen molar-refractivity contribution in [3.05, 3.63) is 0 Å². The molecule has 0 aromatic carbocycles. The molecule has 2 saturated heterocycles. The Morgan fingerprint density at radius 3 is 0.806 bits per heavy atom. The number of epoxide rings is 2. The molecular weight excluding hydrogens is 380 g/mol. The van der Waals surface area contributed by atoms with Crippen LogP contribution in [-0.4, -0.2) is 24.4 Å². The van der Waals surface area contributed by atoms with Gasteiger partial charge in [0.05, 0.1) is 24.4 Å². The molecule has 0 spiro atoms. The number of rotatable bonds is 11. The molecule has 0 aromatic rings. The maximum absolute atomic E-state index is 5.54. The summed E-state index contributed by atoms with van der Waals surface area (Å²) >= 11 is 0. The molecule has 2 aliphatic rings. The Hall–Kier alpha value is -0.0800. The Morgan fingerprint density at radius 2 is 0.677 bits per heavy atom. The van der Waals surface area contributed by atoms with E-state index in [2.05, 4.69) is 90.0 Å². The summed E-state index contributed by atoms with van der Waals surface area (Å²) < 4.78 is 11.1. The van der Waals surface area contributed by atoms with E-state index in [4.69, 9.17) is 9.47 Å². The lowest BCUT2D eigenvalue weighted by Crippen LogP contribution is -2.06. The van der Waals surface area contributed by atoms with Crippen molar-refractivity contribution in [1.29, 1.82) is 0 Å². The smallest absolute Gasteiger partial charge is 0.0844 e. The van der Waals surface area contributed by atoms with Gasteiger partial charge in [-0.05, 0) is 73.5 Å². The Kier molecular flexibility index (Phi) is 15.7. The fraction of sp³-hybridized carbons (Fsp3) is 1.00. The fourth-order valence-electron chi connectivity index (χ4n) is 4.06. The Morgan fingerprint density at radius 1 is 0.419 bits per heavy atom. The van der Waals surface area contributed by atoms with Crippen molar-refractivity contribution in [2.45, 2.75) is 147 Å². The van der Waals surface area contributed by atoms with Gasteiger partial charge < -0.3 is 9.47 Å². The van der Waals surface area contributed by atoms with E-state index in [9.17, 15) is 0 Å². The lowest BCUT2D eigenvalue weighted by Gasteiger charge is -2.16. The Labute approximate surface area is 197 Å². The molecule has 5 unspecified atom stereocenters. The van der Waals surface area contributed by atoms with Crippen LogP contribution in [0.1, 0.15) is 122 Å². The van der Waals surface area contributed by atoms with Gasteiger partial charge in [0.25, 0.3) is 0 Å². The van der Waals surface area contributed by atoms with E-state index in [0.717, 1.165) is 41.4 Å². The van der Waals surface area contributed by atoms with Gasteiger partial charge in [0, 0.05) is 0 Å². The highest BCUT2D eigenvalue weighted by Crippen LogP contribution is 2.33. The van der Waals surface area contributed by atoms with E-state index in [0.29, 0.717) is 24.4 Å². The van der Waals surface area contributed by atoms with Crippen LogP contribution in [0.4, 0.5) is 0 Å². The first-order valence-corrected chi connectivity index (χ1v) is 13.5. The average molecular weight is 441 g/mol. The standard InChI is InChI=1S/2C10H20O.C9H20/c2*1-7(2)5-9-10(11-9)6-8(3)4;1-7(2)6-9(5)8(3)4/h2*7-10H,5-6H2,1-4H3;7-9H,6H2,1-5H3. The second kappa shape index (κ2) is 15.7. The minimum Gasteiger partial charge on any atom is -0.370 e. The van der Waals surface area contributed by atoms with Crippen molar-refractivity contribution in [1.82, 2.24) is 0 Å². The highest BCUT2D eigenvalue weighted by molar-refractivity contribution is 4.86. The molecule has 2 fully saturated rings. The average Bonchev–Trinajstić information content (AvgIpc) is 3.46. The highest BCUT2D eigenvalue weighted by Gasteiger charge is 2.39. The summed E-state index contributed by atoms with van der Waals surface area (Å²) in [5.41, 5.74) is 0. The summed E-state index contributed by atoms with van der Waals surface area (Å²) in [6.07, 6.45) is 8.74. The van der Waals surface area contributed by atoms with Crippen LogP contribution in [0.25, 0.3) is 0 Å². The van der Waals surface area contributed by atoms with Crippen molar-refractivity contribution < 1.29 is 9.47 Å². The summed E-state index contributed by atoms with van der Waals surface area (Å²) in [6.45, 7) is 29.6. The molecule has 0 radical (unpaired) electrons. The van der Waals surface area contributed by atoms with Crippen LogP contribution in [-0.2, 0) is 9.47 Å². The minimum atomic E-state index is 0.595. The Bertz CT molecular complexity index is 366. The molecule has 0 saturated carbocycles. The van der Waals surface area contributed by atoms with Crippen LogP contribution < -0.4 is 0 Å². The van der Waals surface area contributed by atoms with Gasteiger partial charge in [-0.15, -0.1) is 0 Å². The molecule has 2 nitrogen and oxygen atoms in total. The third-order valence-electron chi connectivity index (χ3n) is 6.17. The van der Waals surface area contributed by atoms with Crippen molar-refractivity contribution in [3.8, 4) is 0 Å². The van der Waals surface area contributed by atoms with Gasteiger partial charge in [-0.1, -0.05) is 90.0 Å². The van der Waals surface area contributed by atoms with E-state index in [1.165, 1.54) is 32.1 Å². The first-order chi connectivity index (χ1) is 14.2. The summed E-state index contributed by atoms with van der Waals surface area (Å²) in [4.78, 5) is 0. The summed E-state index contributed by atoms with van der Waals surface area (Å²) in [5, 5.41) is 0. The van der Waals surface area contributed by atoms with E-state index >= 15 is 0 Å². The zero-order valence-corrected chi connectivity index (χ0v) is 23.7. The van der Waals surface area contributed by atoms with E-state index in [1.807, 2.05) is 0 Å². The third-order valence-corrected chi connectivity index (χ3v) is 6.17. The molecule has 0 aliphatic carbocycles. The topological polar surface area (TPSA) is 25.1 Å². The number of ether oxygens (including phenoxy) is 2. The number of hydrogen-bond donors (Lipinski definition) is 0. The highest BCUT2D eigenvalue weighted by atomic mass is 16.6. The van der Waals surface area contributed by atoms with Crippen LogP contribution in [0.15, 0.2) is 0 Å². The Balaban J connectivity index is 0.000000439. The third kappa shape index (κ3) is 18.1. The van der Waals surface area contributed by atoms with Gasteiger partial charge in [0.1, 0.15) is 0 Å². The normalized spacial score (nSPS) is 25.6. The largest absolute Gasteiger partial charge is 0.370 e. The van der Waals surface area contributed by atoms with E-state index in [1.54, 1.807) is 0 Å². The molecule has 0 N–H and O–H groups in total. The van der Waals surface area contributed by atoms with E-state index < -0.39 is 0 Å². The van der Waals surface area contributed by atoms with Gasteiger partial charge in [-0.2, -0.15) is 0 Å². The molecule has 31 heavy (non-hydrogen) atoms. The summed E-state index contributed by atoms with van der Waals surface area (Å²) in [6, 6.07) is 0. The SMILES string of the molecule is CC(C)CC(C)C(C)C.CC(C)CC1OC1CC(C)C.CC(C)CC1OC1CC(C)C. The fourth-order valence-corrected chi connectivity index (χ4v) is 4.06. The first-order valence-electron chi connectivity index (χ1n) is 13.5. The van der Waals surface area contributed by atoms with Gasteiger partial charge in [-0.3, -0.25) is 0 Å². The zero-order valence-electron chi connectivity index (χ0n) is 23.7. The second-order valence-corrected chi connectivity index (χ2v) is 12.8. The molecule has 5 atom stereocenters. The summed E-state index contributed by atoms with van der Waals surface area (Å²) in [7, 11) is 0. The molecule has 2 heteroatoms. The van der Waals surface area contributed by atoms with Gasteiger partial charge >= 0.3 is 0 Å². The van der Waals surface area contributed by atoms with Crippen LogP contribution >= 0.6 is 0 Å². The predicted molar refractivity (Wildman–Crippen MR) is 139 cm³/mol. The van der Waals surface area contributed by atoms with Crippen molar-refractivity contribution in [3.63, 3.8) is 0 Å². The lowest BCUT2D eigenvalue weighted by molar-refractivity contribution is 0.330. The van der Waals surface area contributed by atoms with Crippen LogP contribution in [0, 0.1) is 41.4 Å². The number of hydrogen-bond acceptors (Lipinski definition) is 2. The lowest BCUT2D eigenvalue weighted by atomic mass is 9.90. The molecule has 2 heterocycles. The van der Waals surface area contributed by atoms with Crippen LogP contribution in [0.3, 0.4) is 0 Å². The van der Waals surface area contributed by atoms with E-state index in [-0.39, 0.29) is 0 Å². The zero-order chi connectivity index (χ0) is 24.3. The van der Waals surface area contributed by atoms with Crippen molar-refractivity contribution in [2.24, 2.45) is 41.4 Å². The molecule has 2 aliphatic heterocycles. The van der Waals surface area contributed by atoms with Crippen LogP contribution in [0.5, 0.6) is 0 Å². The minimum absolute atomic E-state index is 0.595. The van der Waals surface area contributed by atoms with Gasteiger partial charge in [-0.25, -0.2) is 0 Å². The van der Waals surface area contributed by atoms with Gasteiger partial charge in [0.15, 0.2) is 0 Å². The first kappa shape index (κ1) is 30.9. The van der Waals surface area contributed by atoms with Crippen molar-refractivity contribution >= 4 is 0 Å². The van der Waals surface area contributed by atoms with Crippen LogP contribution in [0.2, 0.25) is 0 Å². The second-order valence-electron chi connectivity index (χ2n) is 12.8. The molecule has 0 amide bonds. The summed E-state index contributed by atoms with van der Waals surface area (Å²) in [5.74, 6) is 5.77. The molecule has 188 valence electrons. The van der Waals surface area contributed by atoms with Crippen molar-refractivity contribution in [2.75, 3.05) is 0 Å². The monoisotopic (exact) mass is 440 g/mol. The molecule has 0 bridgehead atoms.